The van der Waals surface area contributed by atoms with Crippen LogP contribution in [0.5, 0.6) is 17.2 Å². The van der Waals surface area contributed by atoms with Crippen molar-refractivity contribution in [3.8, 4) is 17.2 Å². The van der Waals surface area contributed by atoms with Gasteiger partial charge in [0.15, 0.2) is 11.3 Å². The third-order valence-electron chi connectivity index (χ3n) is 2.93. The van der Waals surface area contributed by atoms with E-state index in [4.69, 9.17) is 18.6 Å². The van der Waals surface area contributed by atoms with Crippen LogP contribution < -0.4 is 19.8 Å². The van der Waals surface area contributed by atoms with Crippen LogP contribution in [0.25, 0.3) is 11.0 Å². The zero-order valence-electron chi connectivity index (χ0n) is 12.6. The number of ether oxygens (including phenoxy) is 3. The summed E-state index contributed by atoms with van der Waals surface area (Å²) < 4.78 is 21.6. The molecule has 0 bridgehead atoms. The van der Waals surface area contributed by atoms with Crippen LogP contribution in [0.1, 0.15) is 13.8 Å². The van der Waals surface area contributed by atoms with Crippen molar-refractivity contribution >= 4 is 11.0 Å². The van der Waals surface area contributed by atoms with E-state index in [1.165, 1.54) is 13.2 Å². The van der Waals surface area contributed by atoms with E-state index in [0.717, 1.165) is 5.57 Å². The highest BCUT2D eigenvalue weighted by atomic mass is 16.5. The minimum atomic E-state index is -0.443. The van der Waals surface area contributed by atoms with E-state index in [0.29, 0.717) is 34.8 Å². The maximum atomic E-state index is 11.4. The first kappa shape index (κ1) is 15.0. The summed E-state index contributed by atoms with van der Waals surface area (Å²) in [5.41, 5.74) is 1.04. The zero-order chi connectivity index (χ0) is 15.4. The van der Waals surface area contributed by atoms with Gasteiger partial charge in [-0.15, -0.1) is 0 Å². The van der Waals surface area contributed by atoms with Crippen molar-refractivity contribution in [1.82, 2.24) is 0 Å². The molecule has 112 valence electrons. The second-order valence-electron chi connectivity index (χ2n) is 4.71. The second kappa shape index (κ2) is 6.35. The molecule has 0 spiro atoms. The first-order chi connectivity index (χ1) is 10.1. The van der Waals surface area contributed by atoms with Crippen molar-refractivity contribution in [1.29, 1.82) is 0 Å². The molecule has 5 heteroatoms. The van der Waals surface area contributed by atoms with Crippen molar-refractivity contribution in [2.45, 2.75) is 13.8 Å². The molecule has 1 aromatic carbocycles. The Balaban J connectivity index is 2.59. The summed E-state index contributed by atoms with van der Waals surface area (Å²) in [5, 5.41) is 0.706. The average Bonchev–Trinajstić information content (AvgIpc) is 2.46. The molecule has 5 nitrogen and oxygen atoms in total. The molecule has 0 unspecified atom stereocenters. The van der Waals surface area contributed by atoms with E-state index in [9.17, 15) is 4.79 Å². The van der Waals surface area contributed by atoms with Gasteiger partial charge in [-0.2, -0.15) is 0 Å². The lowest BCUT2D eigenvalue weighted by atomic mass is 10.2. The van der Waals surface area contributed by atoms with Crippen molar-refractivity contribution < 1.29 is 18.6 Å². The van der Waals surface area contributed by atoms with E-state index in [2.05, 4.69) is 0 Å². The molecule has 0 amide bonds. The van der Waals surface area contributed by atoms with Crippen molar-refractivity contribution in [2.24, 2.45) is 0 Å². The molecule has 2 aromatic rings. The molecule has 2 rings (SSSR count). The number of rotatable bonds is 5. The maximum absolute atomic E-state index is 11.4. The standard InChI is InChI=1S/C16H18O5/c1-10(2)7-8-20-15-12(18-3)9-11-5-6-13(17)21-14(11)16(15)19-4/h5-7,9H,8H2,1-4H3. The topological polar surface area (TPSA) is 57.9 Å². The van der Waals surface area contributed by atoms with Gasteiger partial charge in [0.2, 0.25) is 11.5 Å². The third kappa shape index (κ3) is 3.18. The van der Waals surface area contributed by atoms with Gasteiger partial charge in [0.05, 0.1) is 14.2 Å². The number of methoxy groups -OCH3 is 2. The molecule has 0 aliphatic carbocycles. The molecule has 0 saturated carbocycles. The first-order valence-corrected chi connectivity index (χ1v) is 6.51. The van der Waals surface area contributed by atoms with Crippen LogP contribution >= 0.6 is 0 Å². The van der Waals surface area contributed by atoms with Crippen LogP contribution in [0.15, 0.2) is 39.1 Å². The molecule has 0 fully saturated rings. The molecule has 0 radical (unpaired) electrons. The lowest BCUT2D eigenvalue weighted by Crippen LogP contribution is -2.02. The minimum Gasteiger partial charge on any atom is -0.493 e. The number of hydrogen-bond acceptors (Lipinski definition) is 5. The SMILES string of the molecule is COc1cc2ccc(=O)oc2c(OC)c1OCC=C(C)C. The highest BCUT2D eigenvalue weighted by molar-refractivity contribution is 5.88. The highest BCUT2D eigenvalue weighted by Crippen LogP contribution is 2.43. The maximum Gasteiger partial charge on any atom is 0.336 e. The lowest BCUT2D eigenvalue weighted by molar-refractivity contribution is 0.299. The fraction of sp³-hybridized carbons (Fsp3) is 0.312. The third-order valence-corrected chi connectivity index (χ3v) is 2.93. The molecule has 1 aromatic heterocycles. The predicted octanol–water partition coefficient (Wildman–Crippen LogP) is 3.16. The summed E-state index contributed by atoms with van der Waals surface area (Å²) in [5.74, 6) is 1.29. The molecule has 1 heterocycles. The average molecular weight is 290 g/mol. The van der Waals surface area contributed by atoms with Crippen LogP contribution in [0, 0.1) is 0 Å². The van der Waals surface area contributed by atoms with E-state index < -0.39 is 5.63 Å². The molecule has 21 heavy (non-hydrogen) atoms. The smallest absolute Gasteiger partial charge is 0.336 e. The fourth-order valence-electron chi connectivity index (χ4n) is 1.91. The Hall–Kier alpha value is -2.43. The molecule has 0 aliphatic heterocycles. The van der Waals surface area contributed by atoms with Gasteiger partial charge in [0, 0.05) is 11.5 Å². The normalized spacial score (nSPS) is 10.3. The molecular formula is C16H18O5. The van der Waals surface area contributed by atoms with Gasteiger partial charge in [-0.25, -0.2) is 4.79 Å². The van der Waals surface area contributed by atoms with E-state index >= 15 is 0 Å². The van der Waals surface area contributed by atoms with Crippen LogP contribution in [0.3, 0.4) is 0 Å². The summed E-state index contributed by atoms with van der Waals surface area (Å²) in [6.45, 7) is 4.34. The highest BCUT2D eigenvalue weighted by Gasteiger charge is 2.18. The number of allylic oxidation sites excluding steroid dienone is 1. The molecule has 0 saturated heterocycles. The van der Waals surface area contributed by atoms with E-state index in [1.807, 2.05) is 19.9 Å². The molecule has 0 N–H and O–H groups in total. The van der Waals surface area contributed by atoms with Crippen LogP contribution in [-0.4, -0.2) is 20.8 Å². The number of benzene rings is 1. The van der Waals surface area contributed by atoms with Gasteiger partial charge in [-0.1, -0.05) is 5.57 Å². The zero-order valence-corrected chi connectivity index (χ0v) is 12.6. The fourth-order valence-corrected chi connectivity index (χ4v) is 1.91. The Kier molecular flexibility index (Phi) is 4.52. The summed E-state index contributed by atoms with van der Waals surface area (Å²) in [4.78, 5) is 11.4. The monoisotopic (exact) mass is 290 g/mol. The van der Waals surface area contributed by atoms with Gasteiger partial charge in [-0.05, 0) is 32.1 Å². The van der Waals surface area contributed by atoms with Gasteiger partial charge >= 0.3 is 5.63 Å². The van der Waals surface area contributed by atoms with Gasteiger partial charge < -0.3 is 18.6 Å². The van der Waals surface area contributed by atoms with Crippen LogP contribution in [0.2, 0.25) is 0 Å². The van der Waals surface area contributed by atoms with E-state index in [1.54, 1.807) is 19.2 Å². The molecular weight excluding hydrogens is 272 g/mol. The van der Waals surface area contributed by atoms with Crippen molar-refractivity contribution in [2.75, 3.05) is 20.8 Å². The summed E-state index contributed by atoms with van der Waals surface area (Å²) in [6, 6.07) is 4.76. The second-order valence-corrected chi connectivity index (χ2v) is 4.71. The number of fused-ring (bicyclic) bond motifs is 1. The lowest BCUT2D eigenvalue weighted by Gasteiger charge is -2.15. The quantitative estimate of drug-likeness (QED) is 0.625. The van der Waals surface area contributed by atoms with Crippen LogP contribution in [-0.2, 0) is 0 Å². The minimum absolute atomic E-state index is 0.345. The van der Waals surface area contributed by atoms with Crippen molar-refractivity contribution in [3.63, 3.8) is 0 Å². The van der Waals surface area contributed by atoms with Gasteiger partial charge in [0.1, 0.15) is 6.61 Å². The number of hydrogen-bond donors (Lipinski definition) is 0. The summed E-state index contributed by atoms with van der Waals surface area (Å²) in [6.07, 6.45) is 1.93. The Morgan fingerprint density at radius 1 is 1.19 bits per heavy atom. The summed E-state index contributed by atoms with van der Waals surface area (Å²) in [7, 11) is 3.04. The van der Waals surface area contributed by atoms with Gasteiger partial charge in [-0.3, -0.25) is 0 Å². The first-order valence-electron chi connectivity index (χ1n) is 6.51. The predicted molar refractivity (Wildman–Crippen MR) is 80.5 cm³/mol. The largest absolute Gasteiger partial charge is 0.493 e. The molecule has 0 atom stereocenters. The Morgan fingerprint density at radius 3 is 2.57 bits per heavy atom. The summed E-state index contributed by atoms with van der Waals surface area (Å²) >= 11 is 0. The van der Waals surface area contributed by atoms with E-state index in [-0.39, 0.29) is 0 Å². The molecule has 0 aliphatic rings. The Bertz CT molecular complexity index is 723. The Morgan fingerprint density at radius 2 is 1.95 bits per heavy atom. The van der Waals surface area contributed by atoms with Crippen LogP contribution in [0.4, 0.5) is 0 Å². The Labute approximate surface area is 122 Å². The van der Waals surface area contributed by atoms with Crippen molar-refractivity contribution in [3.05, 3.63) is 40.3 Å². The van der Waals surface area contributed by atoms with Gasteiger partial charge in [0.25, 0.3) is 0 Å².